The minimum atomic E-state index is -0.202. The number of nitrogens with one attached hydrogen (secondary N) is 3. The molecule has 1 aliphatic rings. The maximum Gasteiger partial charge on any atom is 0.270 e. The third kappa shape index (κ3) is 3.48. The summed E-state index contributed by atoms with van der Waals surface area (Å²) < 4.78 is 0. The van der Waals surface area contributed by atoms with E-state index in [1.165, 1.54) is 0 Å². The fourth-order valence-corrected chi connectivity index (χ4v) is 2.67. The van der Waals surface area contributed by atoms with E-state index >= 15 is 0 Å². The predicted molar refractivity (Wildman–Crippen MR) is 81.4 cm³/mol. The van der Waals surface area contributed by atoms with Gasteiger partial charge >= 0.3 is 0 Å². The van der Waals surface area contributed by atoms with Crippen molar-refractivity contribution < 1.29 is 4.79 Å². The highest BCUT2D eigenvalue weighted by Crippen LogP contribution is 2.22. The molecule has 1 atom stereocenters. The SMILES string of the molecule is Cc1nc(C(=O)NCc2ncc[nH]2)cc(C2CCCNC2)n1. The molecular formula is C15H20N6O. The molecule has 0 saturated carbocycles. The summed E-state index contributed by atoms with van der Waals surface area (Å²) in [6, 6.07) is 1.81. The average molecular weight is 300 g/mol. The molecular weight excluding hydrogens is 280 g/mol. The van der Waals surface area contributed by atoms with Crippen molar-refractivity contribution in [3.05, 3.63) is 41.5 Å². The number of piperidine rings is 1. The maximum atomic E-state index is 12.3. The van der Waals surface area contributed by atoms with E-state index in [0.29, 0.717) is 24.0 Å². The van der Waals surface area contributed by atoms with Crippen molar-refractivity contribution in [3.8, 4) is 0 Å². The van der Waals surface area contributed by atoms with Crippen LogP contribution in [-0.4, -0.2) is 38.9 Å². The van der Waals surface area contributed by atoms with Crippen LogP contribution >= 0.6 is 0 Å². The van der Waals surface area contributed by atoms with Crippen molar-refractivity contribution in [2.75, 3.05) is 13.1 Å². The molecule has 1 unspecified atom stereocenters. The molecule has 1 fully saturated rings. The number of hydrogen-bond acceptors (Lipinski definition) is 5. The van der Waals surface area contributed by atoms with Crippen molar-refractivity contribution in [1.29, 1.82) is 0 Å². The Labute approximate surface area is 129 Å². The van der Waals surface area contributed by atoms with E-state index in [-0.39, 0.29) is 5.91 Å². The Bertz CT molecular complexity index is 633. The molecule has 7 nitrogen and oxygen atoms in total. The molecule has 1 saturated heterocycles. The van der Waals surface area contributed by atoms with E-state index in [0.717, 1.165) is 37.4 Å². The Balaban J connectivity index is 1.72. The third-order valence-corrected chi connectivity index (χ3v) is 3.78. The fourth-order valence-electron chi connectivity index (χ4n) is 2.67. The minimum absolute atomic E-state index is 0.202. The smallest absolute Gasteiger partial charge is 0.270 e. The number of amides is 1. The zero-order valence-corrected chi connectivity index (χ0v) is 12.6. The second kappa shape index (κ2) is 6.65. The van der Waals surface area contributed by atoms with Crippen molar-refractivity contribution in [1.82, 2.24) is 30.6 Å². The van der Waals surface area contributed by atoms with Gasteiger partial charge in [-0.2, -0.15) is 0 Å². The Morgan fingerprint density at radius 2 is 2.36 bits per heavy atom. The standard InChI is InChI=1S/C15H20N6O/c1-10-20-12(11-3-2-4-16-8-11)7-13(21-10)15(22)19-9-14-17-5-6-18-14/h5-7,11,16H,2-4,8-9H2,1H3,(H,17,18)(H,19,22). The Hall–Kier alpha value is -2.28. The molecule has 3 N–H and O–H groups in total. The molecule has 0 radical (unpaired) electrons. The van der Waals surface area contributed by atoms with Gasteiger partial charge in [-0.1, -0.05) is 0 Å². The van der Waals surface area contributed by atoms with Crippen LogP contribution in [0.15, 0.2) is 18.5 Å². The topological polar surface area (TPSA) is 95.6 Å². The lowest BCUT2D eigenvalue weighted by Gasteiger charge is -2.22. The lowest BCUT2D eigenvalue weighted by molar-refractivity contribution is 0.0944. The van der Waals surface area contributed by atoms with Crippen LogP contribution in [0, 0.1) is 6.92 Å². The first-order chi connectivity index (χ1) is 10.7. The molecule has 3 rings (SSSR count). The summed E-state index contributed by atoms with van der Waals surface area (Å²) >= 11 is 0. The van der Waals surface area contributed by atoms with Crippen LogP contribution in [0.2, 0.25) is 0 Å². The van der Waals surface area contributed by atoms with E-state index in [2.05, 4.69) is 30.6 Å². The molecule has 0 aromatic carbocycles. The molecule has 7 heteroatoms. The largest absolute Gasteiger partial charge is 0.347 e. The lowest BCUT2D eigenvalue weighted by Crippen LogP contribution is -2.30. The number of H-pyrrole nitrogens is 1. The van der Waals surface area contributed by atoms with Crippen molar-refractivity contribution >= 4 is 5.91 Å². The van der Waals surface area contributed by atoms with Crippen molar-refractivity contribution in [2.45, 2.75) is 32.2 Å². The molecule has 116 valence electrons. The van der Waals surface area contributed by atoms with E-state index in [1.54, 1.807) is 12.4 Å². The van der Waals surface area contributed by atoms with Crippen molar-refractivity contribution in [2.24, 2.45) is 0 Å². The van der Waals surface area contributed by atoms with Gasteiger partial charge in [-0.3, -0.25) is 4.79 Å². The molecule has 0 spiro atoms. The second-order valence-electron chi connectivity index (χ2n) is 5.49. The first-order valence-corrected chi connectivity index (χ1v) is 7.55. The predicted octanol–water partition coefficient (Wildman–Crippen LogP) is 0.905. The molecule has 2 aromatic rings. The molecule has 0 bridgehead atoms. The van der Waals surface area contributed by atoms with Gasteiger partial charge in [0.2, 0.25) is 0 Å². The summed E-state index contributed by atoms with van der Waals surface area (Å²) in [4.78, 5) is 28.1. The van der Waals surface area contributed by atoms with Gasteiger partial charge in [-0.25, -0.2) is 15.0 Å². The lowest BCUT2D eigenvalue weighted by atomic mass is 9.95. The Morgan fingerprint density at radius 3 is 3.09 bits per heavy atom. The molecule has 3 heterocycles. The van der Waals surface area contributed by atoms with Crippen molar-refractivity contribution in [3.63, 3.8) is 0 Å². The van der Waals surface area contributed by atoms with Gasteiger partial charge in [0, 0.05) is 30.6 Å². The minimum Gasteiger partial charge on any atom is -0.347 e. The van der Waals surface area contributed by atoms with Gasteiger partial charge in [0.15, 0.2) is 0 Å². The van der Waals surface area contributed by atoms with E-state index < -0.39 is 0 Å². The second-order valence-corrected chi connectivity index (χ2v) is 5.49. The van der Waals surface area contributed by atoms with Gasteiger partial charge in [-0.05, 0) is 32.4 Å². The maximum absolute atomic E-state index is 12.3. The Kier molecular flexibility index (Phi) is 4.43. The highest BCUT2D eigenvalue weighted by Gasteiger charge is 2.19. The summed E-state index contributed by atoms with van der Waals surface area (Å²) in [6.07, 6.45) is 5.61. The van der Waals surface area contributed by atoms with Crippen LogP contribution in [0.3, 0.4) is 0 Å². The van der Waals surface area contributed by atoms with Gasteiger partial charge in [0.1, 0.15) is 17.3 Å². The first kappa shape index (κ1) is 14.6. The van der Waals surface area contributed by atoms with Crippen LogP contribution in [-0.2, 0) is 6.54 Å². The number of hydrogen-bond donors (Lipinski definition) is 3. The van der Waals surface area contributed by atoms with Crippen LogP contribution in [0.25, 0.3) is 0 Å². The molecule has 0 aliphatic carbocycles. The van der Waals surface area contributed by atoms with Crippen LogP contribution in [0.1, 0.15) is 46.6 Å². The third-order valence-electron chi connectivity index (χ3n) is 3.78. The van der Waals surface area contributed by atoms with Gasteiger partial charge < -0.3 is 15.6 Å². The van der Waals surface area contributed by atoms with Crippen LogP contribution in [0.4, 0.5) is 0 Å². The van der Waals surface area contributed by atoms with Crippen LogP contribution < -0.4 is 10.6 Å². The first-order valence-electron chi connectivity index (χ1n) is 7.55. The molecule has 22 heavy (non-hydrogen) atoms. The van der Waals surface area contributed by atoms with E-state index in [1.807, 2.05) is 13.0 Å². The molecule has 1 aliphatic heterocycles. The van der Waals surface area contributed by atoms with Crippen LogP contribution in [0.5, 0.6) is 0 Å². The fraction of sp³-hybridized carbons (Fsp3) is 0.467. The summed E-state index contributed by atoms with van der Waals surface area (Å²) in [6.45, 7) is 4.14. The number of imidazole rings is 1. The highest BCUT2D eigenvalue weighted by molar-refractivity contribution is 5.92. The van der Waals surface area contributed by atoms with Gasteiger partial charge in [0.05, 0.1) is 6.54 Å². The Morgan fingerprint density at radius 1 is 1.45 bits per heavy atom. The average Bonchev–Trinajstić information content (AvgIpc) is 3.06. The summed E-state index contributed by atoms with van der Waals surface area (Å²) in [5.74, 6) is 1.50. The number of aryl methyl sites for hydroxylation is 1. The summed E-state index contributed by atoms with van der Waals surface area (Å²) in [5.41, 5.74) is 1.36. The monoisotopic (exact) mass is 300 g/mol. The number of carbonyl (C=O) groups excluding carboxylic acids is 1. The number of aromatic nitrogens is 4. The zero-order valence-electron chi connectivity index (χ0n) is 12.6. The normalized spacial score (nSPS) is 18.1. The number of aromatic amines is 1. The molecule has 1 amide bonds. The highest BCUT2D eigenvalue weighted by atomic mass is 16.1. The van der Waals surface area contributed by atoms with Gasteiger partial charge in [-0.15, -0.1) is 0 Å². The van der Waals surface area contributed by atoms with Gasteiger partial charge in [0.25, 0.3) is 5.91 Å². The number of rotatable bonds is 4. The summed E-state index contributed by atoms with van der Waals surface area (Å²) in [5, 5.41) is 6.19. The van der Waals surface area contributed by atoms with E-state index in [9.17, 15) is 4.79 Å². The quantitative estimate of drug-likeness (QED) is 0.780. The summed E-state index contributed by atoms with van der Waals surface area (Å²) in [7, 11) is 0. The van der Waals surface area contributed by atoms with E-state index in [4.69, 9.17) is 0 Å². The zero-order chi connectivity index (χ0) is 15.4. The number of carbonyl (C=O) groups is 1. The number of nitrogens with zero attached hydrogens (tertiary/aromatic N) is 3. The molecule has 2 aromatic heterocycles.